The second kappa shape index (κ2) is 11.5. The summed E-state index contributed by atoms with van der Waals surface area (Å²) in [6.45, 7) is 2.90. The van der Waals surface area contributed by atoms with E-state index in [9.17, 15) is 9.90 Å². The lowest BCUT2D eigenvalue weighted by Crippen LogP contribution is -2.03. The van der Waals surface area contributed by atoms with Crippen molar-refractivity contribution in [2.75, 3.05) is 0 Å². The molecule has 1 heterocycles. The van der Waals surface area contributed by atoms with E-state index in [1.807, 2.05) is 90.4 Å². The number of aromatic nitrogens is 3. The molecule has 0 amide bonds. The Labute approximate surface area is 229 Å². The number of carbonyl (C=O) groups is 1. The van der Waals surface area contributed by atoms with Crippen LogP contribution in [0.5, 0.6) is 5.75 Å². The van der Waals surface area contributed by atoms with Crippen molar-refractivity contribution in [3.63, 3.8) is 0 Å². The number of fused-ring (bicyclic) bond motifs is 1. The van der Waals surface area contributed by atoms with E-state index in [1.165, 1.54) is 0 Å². The van der Waals surface area contributed by atoms with Crippen LogP contribution < -0.4 is 4.74 Å². The molecular formula is C30H24ClN3O3S. The average molecular weight is 542 g/mol. The maximum absolute atomic E-state index is 12.4. The van der Waals surface area contributed by atoms with Crippen LogP contribution in [0.3, 0.4) is 0 Å². The number of rotatable bonds is 9. The predicted molar refractivity (Wildman–Crippen MR) is 152 cm³/mol. The number of benzene rings is 4. The molecule has 0 unspecified atom stereocenters. The van der Waals surface area contributed by atoms with Gasteiger partial charge >= 0.3 is 5.97 Å². The summed E-state index contributed by atoms with van der Waals surface area (Å²) in [5.41, 5.74) is 2.57. The van der Waals surface area contributed by atoms with Crippen LogP contribution in [0.25, 0.3) is 28.2 Å². The lowest BCUT2D eigenvalue weighted by Gasteiger charge is -2.13. The first kappa shape index (κ1) is 25.6. The van der Waals surface area contributed by atoms with Crippen LogP contribution in [0.2, 0.25) is 5.02 Å². The van der Waals surface area contributed by atoms with Crippen molar-refractivity contribution in [1.29, 1.82) is 0 Å². The molecule has 5 rings (SSSR count). The summed E-state index contributed by atoms with van der Waals surface area (Å²) in [6, 6.07) is 28.9. The number of thioether (sulfide) groups is 1. The molecule has 8 heteroatoms. The number of hydrogen-bond acceptors (Lipinski definition) is 5. The predicted octanol–water partition coefficient (Wildman–Crippen LogP) is 7.57. The Hall–Kier alpha value is -4.07. The molecule has 1 aromatic heterocycles. The van der Waals surface area contributed by atoms with Crippen molar-refractivity contribution in [1.82, 2.24) is 14.8 Å². The minimum atomic E-state index is -1.06. The monoisotopic (exact) mass is 541 g/mol. The standard InChI is InChI=1S/C30H24ClN3O3S/c1-2-34-28(22-12-15-23(31)16-13-22)32-33-30(34)38-27(29(35)36)18-25-24-11-7-6-10-21(24)14-17-26(25)37-19-20-8-4-3-5-9-20/h3-18H,2,19H2,1H3,(H,35,36)/b27-18-. The molecular weight excluding hydrogens is 518 g/mol. The molecule has 0 aliphatic heterocycles. The van der Waals surface area contributed by atoms with E-state index in [0.29, 0.717) is 40.5 Å². The molecule has 0 radical (unpaired) electrons. The van der Waals surface area contributed by atoms with Crippen LogP contribution in [-0.4, -0.2) is 25.8 Å². The summed E-state index contributed by atoms with van der Waals surface area (Å²) in [7, 11) is 0. The summed E-state index contributed by atoms with van der Waals surface area (Å²) in [5, 5.41) is 21.8. The minimum Gasteiger partial charge on any atom is -0.488 e. The van der Waals surface area contributed by atoms with E-state index < -0.39 is 5.97 Å². The van der Waals surface area contributed by atoms with Crippen molar-refractivity contribution in [3.05, 3.63) is 112 Å². The highest BCUT2D eigenvalue weighted by molar-refractivity contribution is 8.04. The number of hydrogen-bond donors (Lipinski definition) is 1. The third-order valence-electron chi connectivity index (χ3n) is 5.99. The summed E-state index contributed by atoms with van der Waals surface area (Å²) in [5.74, 6) is 0.190. The van der Waals surface area contributed by atoms with Gasteiger partial charge in [-0.2, -0.15) is 0 Å². The lowest BCUT2D eigenvalue weighted by atomic mass is 10.0. The summed E-state index contributed by atoms with van der Waals surface area (Å²) in [4.78, 5) is 12.6. The van der Waals surface area contributed by atoms with E-state index in [2.05, 4.69) is 10.2 Å². The fourth-order valence-corrected chi connectivity index (χ4v) is 5.11. The molecule has 4 aromatic carbocycles. The van der Waals surface area contributed by atoms with Crippen molar-refractivity contribution in [2.45, 2.75) is 25.2 Å². The third-order valence-corrected chi connectivity index (χ3v) is 7.24. The van der Waals surface area contributed by atoms with Crippen molar-refractivity contribution < 1.29 is 14.6 Å². The second-order valence-corrected chi connectivity index (χ2v) is 9.89. The van der Waals surface area contributed by atoms with Crippen LogP contribution in [0.15, 0.2) is 101 Å². The van der Waals surface area contributed by atoms with Gasteiger partial charge in [0, 0.05) is 22.7 Å². The molecule has 0 aliphatic carbocycles. The summed E-state index contributed by atoms with van der Waals surface area (Å²) < 4.78 is 8.08. The topological polar surface area (TPSA) is 77.2 Å². The fraction of sp³-hybridized carbons (Fsp3) is 0.100. The van der Waals surface area contributed by atoms with Crippen LogP contribution in [0.1, 0.15) is 18.1 Å². The Morgan fingerprint density at radius 1 is 0.974 bits per heavy atom. The number of ether oxygens (including phenoxy) is 1. The highest BCUT2D eigenvalue weighted by Gasteiger charge is 2.20. The van der Waals surface area contributed by atoms with Crippen LogP contribution in [0.4, 0.5) is 0 Å². The minimum absolute atomic E-state index is 0.107. The highest BCUT2D eigenvalue weighted by atomic mass is 35.5. The van der Waals surface area contributed by atoms with Gasteiger partial charge in [0.25, 0.3) is 0 Å². The molecule has 6 nitrogen and oxygen atoms in total. The summed E-state index contributed by atoms with van der Waals surface area (Å²) >= 11 is 7.10. The van der Waals surface area contributed by atoms with Crippen LogP contribution in [-0.2, 0) is 17.9 Å². The Morgan fingerprint density at radius 2 is 1.71 bits per heavy atom. The van der Waals surface area contributed by atoms with Gasteiger partial charge in [-0.1, -0.05) is 72.3 Å². The number of halogens is 1. The molecule has 0 aliphatic rings. The molecule has 0 spiro atoms. The number of carboxylic acid groups (broad SMARTS) is 1. The van der Waals surface area contributed by atoms with Crippen molar-refractivity contribution >= 4 is 46.2 Å². The van der Waals surface area contributed by atoms with E-state index in [4.69, 9.17) is 16.3 Å². The first-order valence-corrected chi connectivity index (χ1v) is 13.2. The number of carboxylic acids is 1. The zero-order chi connectivity index (χ0) is 26.5. The molecule has 0 saturated carbocycles. The maximum atomic E-state index is 12.4. The van der Waals surface area contributed by atoms with Gasteiger partial charge < -0.3 is 14.4 Å². The van der Waals surface area contributed by atoms with E-state index in [0.717, 1.165) is 33.7 Å². The van der Waals surface area contributed by atoms with Gasteiger partial charge in [0.15, 0.2) is 11.0 Å². The zero-order valence-electron chi connectivity index (χ0n) is 20.5. The molecule has 0 saturated heterocycles. The van der Waals surface area contributed by atoms with Crippen molar-refractivity contribution in [2.24, 2.45) is 0 Å². The van der Waals surface area contributed by atoms with Gasteiger partial charge in [0.05, 0.1) is 0 Å². The van der Waals surface area contributed by atoms with Gasteiger partial charge in [-0.15, -0.1) is 10.2 Å². The summed E-state index contributed by atoms with van der Waals surface area (Å²) in [6.07, 6.45) is 1.66. The highest BCUT2D eigenvalue weighted by Crippen LogP contribution is 2.35. The van der Waals surface area contributed by atoms with Gasteiger partial charge in [-0.25, -0.2) is 4.79 Å². The fourth-order valence-electron chi connectivity index (χ4n) is 4.11. The largest absolute Gasteiger partial charge is 0.488 e. The molecule has 5 aromatic rings. The maximum Gasteiger partial charge on any atom is 0.342 e. The Morgan fingerprint density at radius 3 is 2.45 bits per heavy atom. The van der Waals surface area contributed by atoms with Gasteiger partial charge in [0.2, 0.25) is 0 Å². The lowest BCUT2D eigenvalue weighted by molar-refractivity contribution is -0.131. The van der Waals surface area contributed by atoms with Gasteiger partial charge in [0.1, 0.15) is 17.3 Å². The van der Waals surface area contributed by atoms with Crippen LogP contribution in [0, 0.1) is 0 Å². The second-order valence-electron chi connectivity index (χ2n) is 8.45. The van der Waals surface area contributed by atoms with Crippen molar-refractivity contribution in [3.8, 4) is 17.1 Å². The molecule has 38 heavy (non-hydrogen) atoms. The SMILES string of the molecule is CCn1c(S/C(=C\c2c(OCc3ccccc3)ccc3ccccc23)C(=O)O)nnc1-c1ccc(Cl)cc1. The normalized spacial score (nSPS) is 11.6. The Bertz CT molecular complexity index is 1620. The first-order chi connectivity index (χ1) is 18.5. The molecule has 0 bridgehead atoms. The number of aliphatic carboxylic acids is 1. The first-order valence-electron chi connectivity index (χ1n) is 12.0. The van der Waals surface area contributed by atoms with E-state index in [-0.39, 0.29) is 4.91 Å². The number of nitrogens with zero attached hydrogens (tertiary/aromatic N) is 3. The van der Waals surface area contributed by atoms with E-state index in [1.54, 1.807) is 18.2 Å². The van der Waals surface area contributed by atoms with Crippen LogP contribution >= 0.6 is 23.4 Å². The van der Waals surface area contributed by atoms with E-state index >= 15 is 0 Å². The zero-order valence-corrected chi connectivity index (χ0v) is 22.1. The molecule has 1 N–H and O–H groups in total. The Kier molecular flexibility index (Phi) is 7.77. The quantitative estimate of drug-likeness (QED) is 0.153. The molecule has 0 atom stereocenters. The smallest absolute Gasteiger partial charge is 0.342 e. The molecule has 190 valence electrons. The van der Waals surface area contributed by atoms with Gasteiger partial charge in [-0.05, 0) is 71.4 Å². The third kappa shape index (κ3) is 5.59. The molecule has 0 fully saturated rings. The Balaban J connectivity index is 1.54. The van der Waals surface area contributed by atoms with Gasteiger partial charge in [-0.3, -0.25) is 0 Å². The average Bonchev–Trinajstić information content (AvgIpc) is 3.35.